The van der Waals surface area contributed by atoms with Crippen LogP contribution in [0.4, 0.5) is 0 Å². The van der Waals surface area contributed by atoms with Crippen LogP contribution in [0.15, 0.2) is 47.4 Å². The molecule has 2 aromatic rings. The summed E-state index contributed by atoms with van der Waals surface area (Å²) in [6, 6.07) is 11.9. The van der Waals surface area contributed by atoms with E-state index in [-0.39, 0.29) is 11.5 Å². The SMILES string of the molecule is Cc1ccc(S(=O)(=O)NNC(=O)COc2c(C)cccc2C)cc1. The number of hydrogen-bond acceptors (Lipinski definition) is 4. The zero-order chi connectivity index (χ0) is 17.7. The van der Waals surface area contributed by atoms with Gasteiger partial charge in [-0.15, -0.1) is 4.83 Å². The molecular weight excluding hydrogens is 328 g/mol. The van der Waals surface area contributed by atoms with Crippen LogP contribution in [0.3, 0.4) is 0 Å². The number of carbonyl (C=O) groups is 1. The minimum atomic E-state index is -3.81. The van der Waals surface area contributed by atoms with Gasteiger partial charge in [0.05, 0.1) is 4.90 Å². The van der Waals surface area contributed by atoms with Crippen LogP contribution in [0.5, 0.6) is 5.75 Å². The van der Waals surface area contributed by atoms with E-state index in [0.29, 0.717) is 5.75 Å². The number of hydrazine groups is 1. The minimum Gasteiger partial charge on any atom is -0.483 e. The Balaban J connectivity index is 1.92. The van der Waals surface area contributed by atoms with Gasteiger partial charge in [0.2, 0.25) is 0 Å². The number of benzene rings is 2. The predicted molar refractivity (Wildman–Crippen MR) is 91.1 cm³/mol. The molecule has 0 aliphatic carbocycles. The van der Waals surface area contributed by atoms with Gasteiger partial charge in [-0.3, -0.25) is 10.2 Å². The Hall–Kier alpha value is -2.38. The molecule has 0 saturated heterocycles. The topological polar surface area (TPSA) is 84.5 Å². The lowest BCUT2D eigenvalue weighted by Crippen LogP contribution is -2.43. The van der Waals surface area contributed by atoms with Crippen LogP contribution in [0.1, 0.15) is 16.7 Å². The van der Waals surface area contributed by atoms with Gasteiger partial charge in [0, 0.05) is 0 Å². The van der Waals surface area contributed by atoms with Crippen molar-refractivity contribution in [3.63, 3.8) is 0 Å². The van der Waals surface area contributed by atoms with Gasteiger partial charge >= 0.3 is 0 Å². The van der Waals surface area contributed by atoms with E-state index < -0.39 is 15.9 Å². The number of rotatable bonds is 6. The molecule has 0 aliphatic rings. The van der Waals surface area contributed by atoms with Crippen molar-refractivity contribution in [2.24, 2.45) is 0 Å². The Morgan fingerprint density at radius 3 is 2.17 bits per heavy atom. The summed E-state index contributed by atoms with van der Waals surface area (Å²) in [7, 11) is -3.81. The van der Waals surface area contributed by atoms with E-state index in [1.54, 1.807) is 12.1 Å². The first-order valence-electron chi connectivity index (χ1n) is 7.36. The molecule has 0 fully saturated rings. The molecule has 128 valence electrons. The minimum absolute atomic E-state index is 0.0732. The maximum Gasteiger partial charge on any atom is 0.272 e. The molecule has 2 rings (SSSR count). The van der Waals surface area contributed by atoms with Gasteiger partial charge in [0.15, 0.2) is 6.61 Å². The van der Waals surface area contributed by atoms with Gasteiger partial charge in [-0.05, 0) is 44.0 Å². The van der Waals surface area contributed by atoms with E-state index in [1.807, 2.05) is 39.0 Å². The first-order valence-corrected chi connectivity index (χ1v) is 8.84. The average molecular weight is 348 g/mol. The molecule has 0 radical (unpaired) electrons. The summed E-state index contributed by atoms with van der Waals surface area (Å²) in [5.74, 6) is 0.0300. The molecule has 0 aliphatic heterocycles. The maximum absolute atomic E-state index is 12.1. The zero-order valence-corrected chi connectivity index (χ0v) is 14.6. The molecule has 0 bridgehead atoms. The number of carbonyl (C=O) groups excluding carboxylic acids is 1. The second kappa shape index (κ2) is 7.46. The standard InChI is InChI=1S/C17H20N2O4S/c1-12-7-9-15(10-8-12)24(21,22)19-18-16(20)11-23-17-13(2)5-4-6-14(17)3/h4-10,19H,11H2,1-3H3,(H,18,20). The van der Waals surface area contributed by atoms with Crippen molar-refractivity contribution >= 4 is 15.9 Å². The predicted octanol–water partition coefficient (Wildman–Crippen LogP) is 2.00. The van der Waals surface area contributed by atoms with Crippen LogP contribution in [0.2, 0.25) is 0 Å². The third-order valence-corrected chi connectivity index (χ3v) is 4.68. The zero-order valence-electron chi connectivity index (χ0n) is 13.8. The highest BCUT2D eigenvalue weighted by molar-refractivity contribution is 7.89. The van der Waals surface area contributed by atoms with Gasteiger partial charge in [-0.1, -0.05) is 35.9 Å². The van der Waals surface area contributed by atoms with Crippen LogP contribution in [0.25, 0.3) is 0 Å². The van der Waals surface area contributed by atoms with Crippen LogP contribution in [0, 0.1) is 20.8 Å². The molecule has 0 heterocycles. The molecule has 1 amide bonds. The Labute approximate surface area is 141 Å². The van der Waals surface area contributed by atoms with Crippen molar-refractivity contribution < 1.29 is 17.9 Å². The van der Waals surface area contributed by atoms with E-state index >= 15 is 0 Å². The Morgan fingerprint density at radius 1 is 1.00 bits per heavy atom. The molecule has 2 aromatic carbocycles. The highest BCUT2D eigenvalue weighted by atomic mass is 32.2. The van der Waals surface area contributed by atoms with Crippen LogP contribution < -0.4 is 15.0 Å². The third-order valence-electron chi connectivity index (χ3n) is 3.41. The first kappa shape index (κ1) is 18.0. The molecule has 2 N–H and O–H groups in total. The van der Waals surface area contributed by atoms with Crippen molar-refractivity contribution in [3.8, 4) is 5.75 Å². The Bertz CT molecular complexity index is 810. The summed E-state index contributed by atoms with van der Waals surface area (Å²) >= 11 is 0. The molecule has 0 unspecified atom stereocenters. The molecular formula is C17H20N2O4S. The molecule has 24 heavy (non-hydrogen) atoms. The van der Waals surface area contributed by atoms with Gasteiger partial charge in [0.1, 0.15) is 5.75 Å². The number of sulfonamides is 1. The monoisotopic (exact) mass is 348 g/mol. The van der Waals surface area contributed by atoms with Crippen LogP contribution in [-0.2, 0) is 14.8 Å². The molecule has 0 aromatic heterocycles. The fraction of sp³-hybridized carbons (Fsp3) is 0.235. The summed E-state index contributed by atoms with van der Waals surface area (Å²) in [4.78, 5) is 13.9. The molecule has 7 heteroatoms. The van der Waals surface area contributed by atoms with Gasteiger partial charge < -0.3 is 4.74 Å². The summed E-state index contributed by atoms with van der Waals surface area (Å²) < 4.78 is 29.6. The van der Waals surface area contributed by atoms with E-state index in [1.165, 1.54) is 12.1 Å². The number of hydrogen-bond donors (Lipinski definition) is 2. The lowest BCUT2D eigenvalue weighted by atomic mass is 10.1. The van der Waals surface area contributed by atoms with Crippen molar-refractivity contribution in [2.45, 2.75) is 25.7 Å². The summed E-state index contributed by atoms with van der Waals surface area (Å²) in [5.41, 5.74) is 4.90. The summed E-state index contributed by atoms with van der Waals surface area (Å²) in [6.07, 6.45) is 0. The quantitative estimate of drug-likeness (QED) is 0.782. The number of nitrogens with one attached hydrogen (secondary N) is 2. The van der Waals surface area contributed by atoms with Crippen molar-refractivity contribution in [1.29, 1.82) is 0 Å². The largest absolute Gasteiger partial charge is 0.483 e. The van der Waals surface area contributed by atoms with Gasteiger partial charge in [0.25, 0.3) is 15.9 Å². The first-order chi connectivity index (χ1) is 11.3. The number of para-hydroxylation sites is 1. The Kier molecular flexibility index (Phi) is 5.58. The molecule has 0 saturated carbocycles. The second-order valence-corrected chi connectivity index (χ2v) is 7.16. The van der Waals surface area contributed by atoms with Gasteiger partial charge in [-0.25, -0.2) is 8.42 Å². The normalized spacial score (nSPS) is 11.1. The second-order valence-electron chi connectivity index (χ2n) is 5.48. The molecule has 0 atom stereocenters. The maximum atomic E-state index is 12.1. The number of ether oxygens (including phenoxy) is 1. The fourth-order valence-corrected chi connectivity index (χ4v) is 2.96. The highest BCUT2D eigenvalue weighted by Gasteiger charge is 2.15. The van der Waals surface area contributed by atoms with E-state index in [0.717, 1.165) is 16.7 Å². The fourth-order valence-electron chi connectivity index (χ4n) is 2.10. The molecule has 0 spiro atoms. The summed E-state index contributed by atoms with van der Waals surface area (Å²) in [6.45, 7) is 5.32. The Morgan fingerprint density at radius 2 is 1.58 bits per heavy atom. The van der Waals surface area contributed by atoms with E-state index in [2.05, 4.69) is 10.3 Å². The van der Waals surface area contributed by atoms with Crippen LogP contribution >= 0.6 is 0 Å². The lowest BCUT2D eigenvalue weighted by molar-refractivity contribution is -0.123. The van der Waals surface area contributed by atoms with Gasteiger partial charge in [-0.2, -0.15) is 0 Å². The van der Waals surface area contributed by atoms with E-state index in [9.17, 15) is 13.2 Å². The van der Waals surface area contributed by atoms with Crippen molar-refractivity contribution in [1.82, 2.24) is 10.3 Å². The van der Waals surface area contributed by atoms with E-state index in [4.69, 9.17) is 4.74 Å². The van der Waals surface area contributed by atoms with Crippen LogP contribution in [-0.4, -0.2) is 20.9 Å². The smallest absolute Gasteiger partial charge is 0.272 e. The van der Waals surface area contributed by atoms with Crippen molar-refractivity contribution in [3.05, 3.63) is 59.2 Å². The van der Waals surface area contributed by atoms with Crippen molar-refractivity contribution in [2.75, 3.05) is 6.61 Å². The number of aryl methyl sites for hydroxylation is 3. The number of amides is 1. The summed E-state index contributed by atoms with van der Waals surface area (Å²) in [5, 5.41) is 0. The molecule has 6 nitrogen and oxygen atoms in total. The highest BCUT2D eigenvalue weighted by Crippen LogP contribution is 2.21. The average Bonchev–Trinajstić information content (AvgIpc) is 2.53. The lowest BCUT2D eigenvalue weighted by Gasteiger charge is -2.12. The third kappa shape index (κ3) is 4.56.